The van der Waals surface area contributed by atoms with E-state index in [0.717, 1.165) is 40.8 Å². The van der Waals surface area contributed by atoms with E-state index >= 15 is 0 Å². The molecule has 4 aromatic rings. The van der Waals surface area contributed by atoms with E-state index in [1.165, 1.54) is 0 Å². The van der Waals surface area contributed by atoms with Gasteiger partial charge in [0, 0.05) is 29.5 Å². The number of rotatable bonds is 4. The molecule has 0 bridgehead atoms. The molecule has 3 heterocycles. The number of hydrogen-bond acceptors (Lipinski definition) is 5. The lowest BCUT2D eigenvalue weighted by Gasteiger charge is -2.24. The third kappa shape index (κ3) is 3.82. The van der Waals surface area contributed by atoms with Crippen molar-refractivity contribution in [2.45, 2.75) is 39.7 Å². The Balaban J connectivity index is 1.49. The highest BCUT2D eigenvalue weighted by molar-refractivity contribution is 6.31. The molecule has 0 radical (unpaired) electrons. The summed E-state index contributed by atoms with van der Waals surface area (Å²) in [4.78, 5) is 20.2. The maximum absolute atomic E-state index is 13.8. The predicted octanol–water partition coefficient (Wildman–Crippen LogP) is 5.48. The maximum Gasteiger partial charge on any atom is 0.256 e. The van der Waals surface area contributed by atoms with Gasteiger partial charge in [-0.1, -0.05) is 28.9 Å². The Morgan fingerprint density at radius 1 is 1.15 bits per heavy atom. The summed E-state index contributed by atoms with van der Waals surface area (Å²) in [6, 6.07) is 11.1. The van der Waals surface area contributed by atoms with Crippen molar-refractivity contribution < 1.29 is 9.32 Å². The summed E-state index contributed by atoms with van der Waals surface area (Å²) in [5.74, 6) is 0.859. The molecule has 1 atom stereocenters. The van der Waals surface area contributed by atoms with Gasteiger partial charge in [0.15, 0.2) is 0 Å². The number of benzene rings is 2. The van der Waals surface area contributed by atoms with E-state index in [1.54, 1.807) is 10.9 Å². The quantitative estimate of drug-likeness (QED) is 0.402. The SMILES string of the molecule is Cc1cc(C(=O)N2CCC[C@H]2c2nc(-c3cccc(Cl)c3C)no2)c(-n2cccn2)cc1C. The number of carbonyl (C=O) groups is 1. The molecule has 8 heteroatoms. The molecule has 1 saturated heterocycles. The Morgan fingerprint density at radius 3 is 2.76 bits per heavy atom. The molecule has 33 heavy (non-hydrogen) atoms. The third-order valence-electron chi connectivity index (χ3n) is 6.34. The van der Waals surface area contributed by atoms with Gasteiger partial charge in [0.1, 0.15) is 6.04 Å². The summed E-state index contributed by atoms with van der Waals surface area (Å²) >= 11 is 6.26. The van der Waals surface area contributed by atoms with Crippen molar-refractivity contribution >= 4 is 17.5 Å². The van der Waals surface area contributed by atoms with Gasteiger partial charge in [0.2, 0.25) is 11.7 Å². The molecule has 1 aliphatic rings. The van der Waals surface area contributed by atoms with Crippen LogP contribution in [0.25, 0.3) is 17.1 Å². The van der Waals surface area contributed by atoms with Crippen LogP contribution in [0.2, 0.25) is 5.02 Å². The second kappa shape index (κ2) is 8.48. The lowest BCUT2D eigenvalue weighted by Crippen LogP contribution is -2.31. The predicted molar refractivity (Wildman–Crippen MR) is 126 cm³/mol. The lowest BCUT2D eigenvalue weighted by atomic mass is 10.0. The molecular weight excluding hydrogens is 438 g/mol. The Kier molecular flexibility index (Phi) is 5.50. The molecule has 0 aliphatic carbocycles. The van der Waals surface area contributed by atoms with E-state index in [9.17, 15) is 4.79 Å². The fourth-order valence-electron chi connectivity index (χ4n) is 4.32. The van der Waals surface area contributed by atoms with Crippen LogP contribution in [-0.4, -0.2) is 37.3 Å². The molecule has 0 saturated carbocycles. The molecule has 7 nitrogen and oxygen atoms in total. The van der Waals surface area contributed by atoms with Crippen molar-refractivity contribution in [2.24, 2.45) is 0 Å². The van der Waals surface area contributed by atoms with E-state index in [-0.39, 0.29) is 11.9 Å². The molecule has 0 N–H and O–H groups in total. The number of likely N-dealkylation sites (tertiary alicyclic amines) is 1. The molecule has 5 rings (SSSR count). The minimum absolute atomic E-state index is 0.0650. The Morgan fingerprint density at radius 2 is 1.97 bits per heavy atom. The minimum Gasteiger partial charge on any atom is -0.337 e. The van der Waals surface area contributed by atoms with Crippen LogP contribution in [-0.2, 0) is 0 Å². The smallest absolute Gasteiger partial charge is 0.256 e. The van der Waals surface area contributed by atoms with Crippen LogP contribution in [0.5, 0.6) is 0 Å². The Labute approximate surface area is 197 Å². The van der Waals surface area contributed by atoms with Crippen LogP contribution < -0.4 is 0 Å². The number of aromatic nitrogens is 4. The topological polar surface area (TPSA) is 77.0 Å². The van der Waals surface area contributed by atoms with Gasteiger partial charge >= 0.3 is 0 Å². The first-order valence-corrected chi connectivity index (χ1v) is 11.3. The number of halogens is 1. The van der Waals surface area contributed by atoms with Gasteiger partial charge in [-0.15, -0.1) is 0 Å². The summed E-state index contributed by atoms with van der Waals surface area (Å²) in [5, 5.41) is 9.19. The number of amides is 1. The van der Waals surface area contributed by atoms with Crippen molar-refractivity contribution in [2.75, 3.05) is 6.54 Å². The highest BCUT2D eigenvalue weighted by atomic mass is 35.5. The molecular formula is C25H24ClN5O2. The van der Waals surface area contributed by atoms with E-state index in [0.29, 0.717) is 28.8 Å². The number of carbonyl (C=O) groups excluding carboxylic acids is 1. The normalized spacial score (nSPS) is 15.9. The first-order chi connectivity index (χ1) is 15.9. The molecule has 168 valence electrons. The monoisotopic (exact) mass is 461 g/mol. The van der Waals surface area contributed by atoms with Crippen molar-refractivity contribution in [1.82, 2.24) is 24.8 Å². The van der Waals surface area contributed by atoms with Crippen molar-refractivity contribution in [1.29, 1.82) is 0 Å². The lowest BCUT2D eigenvalue weighted by molar-refractivity contribution is 0.0710. The maximum atomic E-state index is 13.8. The molecule has 1 aliphatic heterocycles. The van der Waals surface area contributed by atoms with Crippen LogP contribution in [0, 0.1) is 20.8 Å². The molecule has 1 fully saturated rings. The van der Waals surface area contributed by atoms with Gasteiger partial charge in [-0.05, 0) is 74.6 Å². The van der Waals surface area contributed by atoms with Crippen LogP contribution in [0.3, 0.4) is 0 Å². The zero-order valence-electron chi connectivity index (χ0n) is 18.7. The number of hydrogen-bond donors (Lipinski definition) is 0. The van der Waals surface area contributed by atoms with Crippen molar-refractivity contribution in [3.8, 4) is 17.1 Å². The van der Waals surface area contributed by atoms with E-state index < -0.39 is 0 Å². The minimum atomic E-state index is -0.273. The van der Waals surface area contributed by atoms with Gasteiger partial charge in [-0.3, -0.25) is 4.79 Å². The van der Waals surface area contributed by atoms with E-state index in [4.69, 9.17) is 16.1 Å². The number of aryl methyl sites for hydroxylation is 2. The van der Waals surface area contributed by atoms with Crippen LogP contribution >= 0.6 is 11.6 Å². The number of nitrogens with zero attached hydrogens (tertiary/aromatic N) is 5. The fraction of sp³-hybridized carbons (Fsp3) is 0.280. The van der Waals surface area contributed by atoms with Crippen LogP contribution in [0.4, 0.5) is 0 Å². The second-order valence-corrected chi connectivity index (χ2v) is 8.84. The van der Waals surface area contributed by atoms with Gasteiger partial charge in [0.25, 0.3) is 5.91 Å². The first-order valence-electron chi connectivity index (χ1n) is 11.0. The zero-order chi connectivity index (χ0) is 23.1. The van der Waals surface area contributed by atoms with E-state index in [2.05, 4.69) is 15.2 Å². The van der Waals surface area contributed by atoms with Crippen molar-refractivity contribution in [3.63, 3.8) is 0 Å². The standard InChI is InChI=1S/C25H24ClN5O2/c1-15-13-19(22(14-16(15)2)31-12-6-10-27-31)25(32)30-11-5-9-21(30)24-28-23(29-33-24)18-7-4-8-20(26)17(18)3/h4,6-8,10,12-14,21H,5,9,11H2,1-3H3/t21-/m0/s1. The summed E-state index contributed by atoms with van der Waals surface area (Å²) in [5.41, 5.74) is 5.25. The molecule has 1 amide bonds. The van der Waals surface area contributed by atoms with Gasteiger partial charge in [0.05, 0.1) is 11.3 Å². The van der Waals surface area contributed by atoms with Gasteiger partial charge in [-0.2, -0.15) is 10.1 Å². The molecule has 2 aromatic carbocycles. The van der Waals surface area contributed by atoms with Gasteiger partial charge in [-0.25, -0.2) is 4.68 Å². The Bertz CT molecular complexity index is 1330. The van der Waals surface area contributed by atoms with E-state index in [1.807, 2.05) is 68.3 Å². The summed E-state index contributed by atoms with van der Waals surface area (Å²) in [6.07, 6.45) is 5.19. The zero-order valence-corrected chi connectivity index (χ0v) is 19.5. The summed E-state index contributed by atoms with van der Waals surface area (Å²) < 4.78 is 7.38. The fourth-order valence-corrected chi connectivity index (χ4v) is 4.50. The molecule has 2 aromatic heterocycles. The Hall–Kier alpha value is -3.45. The first kappa shape index (κ1) is 21.4. The van der Waals surface area contributed by atoms with Gasteiger partial charge < -0.3 is 9.42 Å². The second-order valence-electron chi connectivity index (χ2n) is 8.43. The largest absolute Gasteiger partial charge is 0.337 e. The third-order valence-corrected chi connectivity index (χ3v) is 6.75. The average molecular weight is 462 g/mol. The molecule has 0 spiro atoms. The van der Waals surface area contributed by atoms with Crippen molar-refractivity contribution in [3.05, 3.63) is 82.0 Å². The highest BCUT2D eigenvalue weighted by Crippen LogP contribution is 2.35. The average Bonchev–Trinajstić information content (AvgIpc) is 3.58. The highest BCUT2D eigenvalue weighted by Gasteiger charge is 2.36. The van der Waals surface area contributed by atoms with Crippen LogP contribution in [0.15, 0.2) is 53.3 Å². The molecule has 0 unspecified atom stereocenters. The summed E-state index contributed by atoms with van der Waals surface area (Å²) in [6.45, 7) is 6.60. The van der Waals surface area contributed by atoms with Crippen LogP contribution in [0.1, 0.15) is 51.8 Å². The summed E-state index contributed by atoms with van der Waals surface area (Å²) in [7, 11) is 0.